The molecule has 0 unspecified atom stereocenters. The fourth-order valence-electron chi connectivity index (χ4n) is 3.03. The molecule has 0 heterocycles. The quantitative estimate of drug-likeness (QED) is 0.237. The van der Waals surface area contributed by atoms with E-state index in [1.807, 2.05) is 0 Å². The second-order valence-electron chi connectivity index (χ2n) is 7.38. The van der Waals surface area contributed by atoms with Crippen molar-refractivity contribution in [3.05, 3.63) is 60.2 Å². The lowest BCUT2D eigenvalue weighted by atomic mass is 10.1. The first-order chi connectivity index (χ1) is 14.7. The Hall–Kier alpha value is -2.49. The molecule has 2 N–H and O–H groups in total. The molecule has 0 saturated carbocycles. The van der Waals surface area contributed by atoms with E-state index < -0.39 is 0 Å². The molecule has 4 heteroatoms. The summed E-state index contributed by atoms with van der Waals surface area (Å²) in [6, 6.07) is 5.11. The summed E-state index contributed by atoms with van der Waals surface area (Å²) >= 11 is 0. The molecule has 1 aromatic rings. The second kappa shape index (κ2) is 17.4. The normalized spacial score (nSPS) is 11.7. The molecular formula is C26H39NO3. The standard InChI is InChI=1S/C26H39NO3/c1-3-4-5-6-7-8-9-10-11-12-13-14-15-16-17-18-26(29)27-22-23-19-20-24(28)25(21-23)30-2/h4-5,7-8,10-11,19-21,28H,3,6,9,12-18,22H2,1-2H3,(H,27,29)/b5-4-,8-7-,11-10-. The van der Waals surface area contributed by atoms with Gasteiger partial charge in [-0.1, -0.05) is 68.7 Å². The van der Waals surface area contributed by atoms with Crippen LogP contribution in [0, 0.1) is 0 Å². The third-order valence-electron chi connectivity index (χ3n) is 4.79. The molecule has 0 fully saturated rings. The molecule has 0 aromatic heterocycles. The molecule has 1 amide bonds. The minimum absolute atomic E-state index is 0.0724. The number of hydrogen-bond donors (Lipinski definition) is 2. The van der Waals surface area contributed by atoms with Crippen molar-refractivity contribution in [1.29, 1.82) is 0 Å². The molecule has 166 valence electrons. The summed E-state index contributed by atoms with van der Waals surface area (Å²) in [6.45, 7) is 2.60. The minimum atomic E-state index is 0.0724. The number of nitrogens with one attached hydrogen (secondary N) is 1. The Balaban J connectivity index is 1.98. The van der Waals surface area contributed by atoms with Crippen LogP contribution in [0.5, 0.6) is 11.5 Å². The number of carbonyl (C=O) groups is 1. The molecule has 1 aromatic carbocycles. The zero-order valence-corrected chi connectivity index (χ0v) is 18.7. The van der Waals surface area contributed by atoms with Gasteiger partial charge in [0.2, 0.25) is 5.91 Å². The van der Waals surface area contributed by atoms with Gasteiger partial charge >= 0.3 is 0 Å². The van der Waals surface area contributed by atoms with Crippen molar-refractivity contribution >= 4 is 5.91 Å². The molecule has 0 aliphatic heterocycles. The summed E-state index contributed by atoms with van der Waals surface area (Å²) in [5.41, 5.74) is 0.912. The van der Waals surface area contributed by atoms with Crippen LogP contribution in [0.2, 0.25) is 0 Å². The van der Waals surface area contributed by atoms with Gasteiger partial charge in [-0.25, -0.2) is 0 Å². The van der Waals surface area contributed by atoms with E-state index in [1.54, 1.807) is 18.2 Å². The number of carbonyl (C=O) groups excluding carboxylic acids is 1. The van der Waals surface area contributed by atoms with E-state index in [4.69, 9.17) is 4.74 Å². The van der Waals surface area contributed by atoms with Crippen LogP contribution in [-0.4, -0.2) is 18.1 Å². The van der Waals surface area contributed by atoms with Crippen LogP contribution in [0.25, 0.3) is 0 Å². The van der Waals surface area contributed by atoms with Gasteiger partial charge in [-0.05, 0) is 56.2 Å². The molecule has 4 nitrogen and oxygen atoms in total. The Kier molecular flexibility index (Phi) is 14.8. The summed E-state index contributed by atoms with van der Waals surface area (Å²) in [4.78, 5) is 12.0. The van der Waals surface area contributed by atoms with Gasteiger partial charge in [0.15, 0.2) is 11.5 Å². The first-order valence-electron chi connectivity index (χ1n) is 11.2. The molecule has 0 radical (unpaired) electrons. The largest absolute Gasteiger partial charge is 0.504 e. The zero-order chi connectivity index (χ0) is 21.9. The lowest BCUT2D eigenvalue weighted by molar-refractivity contribution is -0.121. The van der Waals surface area contributed by atoms with Gasteiger partial charge in [0, 0.05) is 13.0 Å². The molecule has 0 bridgehead atoms. The lowest BCUT2D eigenvalue weighted by Crippen LogP contribution is -2.22. The highest BCUT2D eigenvalue weighted by molar-refractivity contribution is 5.75. The first kappa shape index (κ1) is 25.5. The van der Waals surface area contributed by atoms with E-state index in [2.05, 4.69) is 48.7 Å². The first-order valence-corrected chi connectivity index (χ1v) is 11.2. The predicted molar refractivity (Wildman–Crippen MR) is 126 cm³/mol. The van der Waals surface area contributed by atoms with E-state index >= 15 is 0 Å². The monoisotopic (exact) mass is 413 g/mol. The number of allylic oxidation sites excluding steroid dienone is 6. The summed E-state index contributed by atoms with van der Waals surface area (Å²) in [5, 5.41) is 12.5. The highest BCUT2D eigenvalue weighted by atomic mass is 16.5. The number of rotatable bonds is 16. The van der Waals surface area contributed by atoms with Crippen molar-refractivity contribution < 1.29 is 14.6 Å². The number of ether oxygens (including phenoxy) is 1. The predicted octanol–water partition coefficient (Wildman–Crippen LogP) is 6.61. The molecule has 0 saturated heterocycles. The Morgan fingerprint density at radius 2 is 1.63 bits per heavy atom. The molecule has 30 heavy (non-hydrogen) atoms. The Labute approximate surface area is 182 Å². The van der Waals surface area contributed by atoms with Crippen LogP contribution in [0.4, 0.5) is 0 Å². The van der Waals surface area contributed by atoms with Gasteiger partial charge in [0.25, 0.3) is 0 Å². The number of phenolic OH excluding ortho intramolecular Hbond substituents is 1. The maximum absolute atomic E-state index is 12.0. The Bertz CT molecular complexity index is 677. The average molecular weight is 414 g/mol. The van der Waals surface area contributed by atoms with Gasteiger partial charge in [-0.2, -0.15) is 0 Å². The minimum Gasteiger partial charge on any atom is -0.504 e. The van der Waals surface area contributed by atoms with E-state index in [1.165, 1.54) is 26.4 Å². The van der Waals surface area contributed by atoms with Crippen LogP contribution >= 0.6 is 0 Å². The van der Waals surface area contributed by atoms with Gasteiger partial charge in [-0.3, -0.25) is 4.79 Å². The highest BCUT2D eigenvalue weighted by Gasteiger charge is 2.05. The number of aromatic hydroxyl groups is 1. The fraction of sp³-hybridized carbons (Fsp3) is 0.500. The highest BCUT2D eigenvalue weighted by Crippen LogP contribution is 2.26. The molecule has 0 aliphatic carbocycles. The van der Waals surface area contributed by atoms with E-state index in [0.29, 0.717) is 18.7 Å². The zero-order valence-electron chi connectivity index (χ0n) is 18.7. The number of phenols is 1. The molecule has 0 spiro atoms. The van der Waals surface area contributed by atoms with Crippen molar-refractivity contribution in [1.82, 2.24) is 5.32 Å². The summed E-state index contributed by atoms with van der Waals surface area (Å²) in [5.74, 6) is 0.603. The summed E-state index contributed by atoms with van der Waals surface area (Å²) < 4.78 is 5.08. The van der Waals surface area contributed by atoms with Crippen LogP contribution in [0.3, 0.4) is 0 Å². The number of benzene rings is 1. The Morgan fingerprint density at radius 3 is 2.37 bits per heavy atom. The van der Waals surface area contributed by atoms with Gasteiger partial charge in [-0.15, -0.1) is 0 Å². The Morgan fingerprint density at radius 1 is 0.967 bits per heavy atom. The van der Waals surface area contributed by atoms with E-state index in [9.17, 15) is 9.90 Å². The maximum atomic E-state index is 12.0. The molecular weight excluding hydrogens is 374 g/mol. The molecule has 0 atom stereocenters. The van der Waals surface area contributed by atoms with Crippen molar-refractivity contribution in [2.75, 3.05) is 7.11 Å². The number of unbranched alkanes of at least 4 members (excludes halogenated alkanes) is 5. The van der Waals surface area contributed by atoms with Crippen LogP contribution in [0.15, 0.2) is 54.7 Å². The fourth-order valence-corrected chi connectivity index (χ4v) is 3.03. The summed E-state index contributed by atoms with van der Waals surface area (Å²) in [7, 11) is 1.51. The van der Waals surface area contributed by atoms with Crippen molar-refractivity contribution in [3.8, 4) is 11.5 Å². The number of methoxy groups -OCH3 is 1. The molecule has 1 rings (SSSR count). The van der Waals surface area contributed by atoms with Crippen LogP contribution < -0.4 is 10.1 Å². The number of amides is 1. The number of hydrogen-bond acceptors (Lipinski definition) is 3. The van der Waals surface area contributed by atoms with Gasteiger partial charge < -0.3 is 15.2 Å². The second-order valence-corrected chi connectivity index (χ2v) is 7.38. The average Bonchev–Trinajstić information content (AvgIpc) is 2.75. The maximum Gasteiger partial charge on any atom is 0.220 e. The summed E-state index contributed by atoms with van der Waals surface area (Å²) in [6.07, 6.45) is 23.9. The smallest absolute Gasteiger partial charge is 0.220 e. The van der Waals surface area contributed by atoms with Crippen LogP contribution in [-0.2, 0) is 11.3 Å². The van der Waals surface area contributed by atoms with Crippen molar-refractivity contribution in [2.24, 2.45) is 0 Å². The van der Waals surface area contributed by atoms with Gasteiger partial charge in [0.1, 0.15) is 0 Å². The van der Waals surface area contributed by atoms with Crippen molar-refractivity contribution in [3.63, 3.8) is 0 Å². The third-order valence-corrected chi connectivity index (χ3v) is 4.79. The van der Waals surface area contributed by atoms with Gasteiger partial charge in [0.05, 0.1) is 7.11 Å². The lowest BCUT2D eigenvalue weighted by Gasteiger charge is -2.08. The van der Waals surface area contributed by atoms with E-state index in [-0.39, 0.29) is 11.7 Å². The van der Waals surface area contributed by atoms with Crippen molar-refractivity contribution in [2.45, 2.75) is 77.7 Å². The topological polar surface area (TPSA) is 58.6 Å². The van der Waals surface area contributed by atoms with Crippen LogP contribution in [0.1, 0.15) is 76.7 Å². The SMILES string of the molecule is CC/C=C\C/C=C\C/C=C\CCCCCCCC(=O)NCc1ccc(O)c(OC)c1. The third kappa shape index (κ3) is 12.9. The molecule has 0 aliphatic rings. The van der Waals surface area contributed by atoms with E-state index in [0.717, 1.165) is 44.1 Å².